The van der Waals surface area contributed by atoms with Gasteiger partial charge in [0, 0.05) is 13.2 Å². The van der Waals surface area contributed by atoms with Gasteiger partial charge in [-0.2, -0.15) is 0 Å². The number of para-hydroxylation sites is 2. The van der Waals surface area contributed by atoms with Gasteiger partial charge in [0.25, 0.3) is 0 Å². The normalized spacial score (nSPS) is 11.2. The predicted octanol–water partition coefficient (Wildman–Crippen LogP) is 5.22. The van der Waals surface area contributed by atoms with E-state index in [2.05, 4.69) is 13.5 Å². The summed E-state index contributed by atoms with van der Waals surface area (Å²) >= 11 is 0. The molecule has 0 saturated carbocycles. The summed E-state index contributed by atoms with van der Waals surface area (Å²) in [6.07, 6.45) is 12.3. The molecule has 0 fully saturated rings. The summed E-state index contributed by atoms with van der Waals surface area (Å²) in [5.41, 5.74) is 2.57. The monoisotopic (exact) mass is 343 g/mol. The van der Waals surface area contributed by atoms with Gasteiger partial charge in [0.1, 0.15) is 6.73 Å². The van der Waals surface area contributed by atoms with E-state index in [1.165, 1.54) is 44.9 Å². The maximum absolute atomic E-state index is 8.40. The van der Waals surface area contributed by atoms with Gasteiger partial charge in [-0.1, -0.05) is 70.1 Å². The molecule has 0 aliphatic heterocycles. The van der Waals surface area contributed by atoms with E-state index in [0.29, 0.717) is 18.9 Å². The largest absolute Gasteiger partial charge is 0.361 e. The van der Waals surface area contributed by atoms with Crippen LogP contribution in [0.25, 0.3) is 11.0 Å². The van der Waals surface area contributed by atoms with Crippen LogP contribution in [0.4, 0.5) is 0 Å². The van der Waals surface area contributed by atoms with Gasteiger partial charge in [-0.3, -0.25) is 9.98 Å². The lowest BCUT2D eigenvalue weighted by Gasteiger charge is -2.07. The van der Waals surface area contributed by atoms with Crippen LogP contribution in [0.5, 0.6) is 0 Å². The average Bonchev–Trinajstić information content (AvgIpc) is 2.89. The lowest BCUT2D eigenvalue weighted by Crippen LogP contribution is -2.25. The first kappa shape index (κ1) is 19.5. The van der Waals surface area contributed by atoms with Crippen molar-refractivity contribution in [3.8, 4) is 0 Å². The first-order valence-electron chi connectivity index (χ1n) is 9.71. The molecule has 0 unspecified atom stereocenters. The number of hydrogen-bond acceptors (Lipinski definition) is 2. The molecule has 1 heterocycles. The topological polar surface area (TPSA) is 42.9 Å². The molecular formula is C21H33N3O. The van der Waals surface area contributed by atoms with Crippen LogP contribution >= 0.6 is 0 Å². The molecule has 4 heteroatoms. The Morgan fingerprint density at radius 1 is 0.960 bits per heavy atom. The van der Waals surface area contributed by atoms with E-state index in [9.17, 15) is 0 Å². The SMILES string of the molecule is C=CCn1c(=N)n(COCCCCCCCCCC)c2ccccc21. The molecule has 0 aliphatic carbocycles. The zero-order valence-corrected chi connectivity index (χ0v) is 15.7. The molecule has 0 amide bonds. The third-order valence-electron chi connectivity index (χ3n) is 4.65. The molecule has 0 aliphatic rings. The minimum absolute atomic E-state index is 0.444. The van der Waals surface area contributed by atoms with Crippen LogP contribution in [0, 0.1) is 5.41 Å². The van der Waals surface area contributed by atoms with Gasteiger partial charge >= 0.3 is 0 Å². The van der Waals surface area contributed by atoms with Gasteiger partial charge in [-0.05, 0) is 18.6 Å². The van der Waals surface area contributed by atoms with Crippen LogP contribution in [-0.2, 0) is 18.0 Å². The van der Waals surface area contributed by atoms with Gasteiger partial charge in [-0.25, -0.2) is 0 Å². The van der Waals surface area contributed by atoms with Gasteiger partial charge in [0.2, 0.25) is 5.62 Å². The van der Waals surface area contributed by atoms with Crippen molar-refractivity contribution in [2.45, 2.75) is 71.6 Å². The fourth-order valence-corrected chi connectivity index (χ4v) is 3.23. The van der Waals surface area contributed by atoms with Crippen LogP contribution < -0.4 is 5.62 Å². The summed E-state index contributed by atoms with van der Waals surface area (Å²) in [6, 6.07) is 8.11. The van der Waals surface area contributed by atoms with E-state index in [0.717, 1.165) is 24.1 Å². The highest BCUT2D eigenvalue weighted by Gasteiger charge is 2.09. The number of benzene rings is 1. The molecule has 138 valence electrons. The molecule has 1 N–H and O–H groups in total. The van der Waals surface area contributed by atoms with Gasteiger partial charge in [-0.15, -0.1) is 6.58 Å². The number of allylic oxidation sites excluding steroid dienone is 1. The molecule has 0 radical (unpaired) electrons. The number of aromatic nitrogens is 2. The number of nitrogens with one attached hydrogen (secondary N) is 1. The lowest BCUT2D eigenvalue weighted by atomic mass is 10.1. The maximum atomic E-state index is 8.40. The Morgan fingerprint density at radius 2 is 1.56 bits per heavy atom. The Bertz CT molecular complexity index is 699. The first-order chi connectivity index (χ1) is 12.3. The molecule has 2 aromatic rings. The van der Waals surface area contributed by atoms with Crippen LogP contribution in [0.2, 0.25) is 0 Å². The molecule has 1 aromatic heterocycles. The van der Waals surface area contributed by atoms with Crippen molar-refractivity contribution in [3.63, 3.8) is 0 Å². The van der Waals surface area contributed by atoms with E-state index in [1.807, 2.05) is 39.5 Å². The minimum Gasteiger partial charge on any atom is -0.361 e. The van der Waals surface area contributed by atoms with Crippen molar-refractivity contribution in [2.75, 3.05) is 6.61 Å². The van der Waals surface area contributed by atoms with E-state index in [1.54, 1.807) is 0 Å². The second-order valence-electron chi connectivity index (χ2n) is 6.65. The highest BCUT2D eigenvalue weighted by Crippen LogP contribution is 2.13. The molecule has 0 atom stereocenters. The van der Waals surface area contributed by atoms with Crippen LogP contribution in [0.3, 0.4) is 0 Å². The average molecular weight is 344 g/mol. The summed E-state index contributed by atoms with van der Waals surface area (Å²) in [7, 11) is 0. The number of unbranched alkanes of at least 4 members (excludes halogenated alkanes) is 7. The van der Waals surface area contributed by atoms with Crippen molar-refractivity contribution >= 4 is 11.0 Å². The Hall–Kier alpha value is -1.81. The molecule has 0 bridgehead atoms. The minimum atomic E-state index is 0.444. The Morgan fingerprint density at radius 3 is 2.20 bits per heavy atom. The number of nitrogens with zero attached hydrogens (tertiary/aromatic N) is 2. The van der Waals surface area contributed by atoms with E-state index >= 15 is 0 Å². The molecule has 4 nitrogen and oxygen atoms in total. The van der Waals surface area contributed by atoms with E-state index < -0.39 is 0 Å². The zero-order valence-electron chi connectivity index (χ0n) is 15.7. The fraction of sp³-hybridized carbons (Fsp3) is 0.571. The zero-order chi connectivity index (χ0) is 17.9. The highest BCUT2D eigenvalue weighted by atomic mass is 16.5. The molecular weight excluding hydrogens is 310 g/mol. The number of fused-ring (bicyclic) bond motifs is 1. The van der Waals surface area contributed by atoms with Crippen LogP contribution in [-0.4, -0.2) is 15.7 Å². The molecule has 0 spiro atoms. The first-order valence-corrected chi connectivity index (χ1v) is 9.71. The smallest absolute Gasteiger partial charge is 0.205 e. The Labute approximate surface area is 151 Å². The van der Waals surface area contributed by atoms with Crippen molar-refractivity contribution in [1.82, 2.24) is 9.13 Å². The second-order valence-corrected chi connectivity index (χ2v) is 6.65. The molecule has 2 rings (SSSR count). The van der Waals surface area contributed by atoms with Crippen molar-refractivity contribution in [1.29, 1.82) is 5.41 Å². The third kappa shape index (κ3) is 5.60. The summed E-state index contributed by atoms with van der Waals surface area (Å²) < 4.78 is 9.74. The highest BCUT2D eigenvalue weighted by molar-refractivity contribution is 5.75. The summed E-state index contributed by atoms with van der Waals surface area (Å²) in [6.45, 7) is 7.91. The van der Waals surface area contributed by atoms with Gasteiger partial charge in [0.15, 0.2) is 0 Å². The maximum Gasteiger partial charge on any atom is 0.205 e. The Kier molecular flexibility index (Phi) is 8.53. The predicted molar refractivity (Wildman–Crippen MR) is 105 cm³/mol. The van der Waals surface area contributed by atoms with Crippen molar-refractivity contribution in [2.24, 2.45) is 0 Å². The molecule has 0 saturated heterocycles. The van der Waals surface area contributed by atoms with Crippen molar-refractivity contribution in [3.05, 3.63) is 42.5 Å². The van der Waals surface area contributed by atoms with Gasteiger partial charge in [0.05, 0.1) is 11.0 Å². The van der Waals surface area contributed by atoms with Crippen LogP contribution in [0.1, 0.15) is 58.3 Å². The van der Waals surface area contributed by atoms with Crippen LogP contribution in [0.15, 0.2) is 36.9 Å². The quantitative estimate of drug-likeness (QED) is 0.393. The molecule has 25 heavy (non-hydrogen) atoms. The van der Waals surface area contributed by atoms with Gasteiger partial charge < -0.3 is 9.30 Å². The number of imidazole rings is 1. The third-order valence-corrected chi connectivity index (χ3v) is 4.65. The number of hydrogen-bond donors (Lipinski definition) is 1. The summed E-state index contributed by atoms with van der Waals surface area (Å²) in [5.74, 6) is 0. The summed E-state index contributed by atoms with van der Waals surface area (Å²) in [4.78, 5) is 0. The van der Waals surface area contributed by atoms with E-state index in [4.69, 9.17) is 10.1 Å². The lowest BCUT2D eigenvalue weighted by molar-refractivity contribution is 0.0730. The second kappa shape index (κ2) is 10.9. The standard InChI is InChI=1S/C21H33N3O/c1-3-5-6-7-8-9-10-13-17-25-18-24-20-15-12-11-14-19(20)23(16-4-2)21(24)22/h4,11-12,14-15,22H,2-3,5-10,13,16-18H2,1H3. The van der Waals surface area contributed by atoms with E-state index in [-0.39, 0.29) is 0 Å². The Balaban J connectivity index is 1.77. The van der Waals surface area contributed by atoms with Crippen molar-refractivity contribution < 1.29 is 4.74 Å². The fourth-order valence-electron chi connectivity index (χ4n) is 3.23. The number of ether oxygens (including phenoxy) is 1. The summed E-state index contributed by atoms with van der Waals surface area (Å²) in [5, 5.41) is 8.40. The number of rotatable bonds is 13. The molecule has 1 aromatic carbocycles.